The molecule has 0 fully saturated rings. The van der Waals surface area contributed by atoms with E-state index in [4.69, 9.17) is 9.47 Å². The Balaban J connectivity index is 1.92. The predicted molar refractivity (Wildman–Crippen MR) is 117 cm³/mol. The predicted octanol–water partition coefficient (Wildman–Crippen LogP) is 2.61. The second-order valence-electron chi connectivity index (χ2n) is 6.50. The SMILES string of the molecule is COc1ccc(N(CC(=O)NCc2cccnc2)S(=O)(=O)c2ccccc2)cc1OC. The minimum atomic E-state index is -4.01. The standard InChI is InChI=1S/C22H23N3O5S/c1-29-20-11-10-18(13-21(20)30-2)25(31(27,28)19-8-4-3-5-9-19)16-22(26)24-15-17-7-6-12-23-14-17/h3-14H,15-16H2,1-2H3,(H,24,26). The Morgan fingerprint density at radius 3 is 2.39 bits per heavy atom. The number of aromatic nitrogens is 1. The fourth-order valence-corrected chi connectivity index (χ4v) is 4.34. The van der Waals surface area contributed by atoms with Crippen molar-refractivity contribution < 1.29 is 22.7 Å². The smallest absolute Gasteiger partial charge is 0.264 e. The molecule has 162 valence electrons. The highest BCUT2D eigenvalue weighted by Crippen LogP contribution is 2.33. The summed E-state index contributed by atoms with van der Waals surface area (Å²) in [6.45, 7) is -0.176. The largest absolute Gasteiger partial charge is 0.493 e. The summed E-state index contributed by atoms with van der Waals surface area (Å²) in [4.78, 5) is 16.7. The molecule has 3 aromatic rings. The molecule has 0 radical (unpaired) electrons. The van der Waals surface area contributed by atoms with E-state index in [0.29, 0.717) is 11.5 Å². The minimum Gasteiger partial charge on any atom is -0.493 e. The number of pyridine rings is 1. The third-order valence-electron chi connectivity index (χ3n) is 4.49. The second-order valence-corrected chi connectivity index (χ2v) is 8.36. The molecule has 0 aliphatic carbocycles. The van der Waals surface area contributed by atoms with Crippen molar-refractivity contribution in [1.29, 1.82) is 0 Å². The van der Waals surface area contributed by atoms with Gasteiger partial charge in [-0.05, 0) is 35.9 Å². The summed E-state index contributed by atoms with van der Waals surface area (Å²) in [5, 5.41) is 2.73. The first-order chi connectivity index (χ1) is 15.0. The minimum absolute atomic E-state index is 0.0739. The third kappa shape index (κ3) is 5.32. The molecule has 1 heterocycles. The third-order valence-corrected chi connectivity index (χ3v) is 6.27. The summed E-state index contributed by atoms with van der Waals surface area (Å²) in [6.07, 6.45) is 3.27. The van der Waals surface area contributed by atoms with Gasteiger partial charge in [0.15, 0.2) is 11.5 Å². The van der Waals surface area contributed by atoms with E-state index in [2.05, 4.69) is 10.3 Å². The van der Waals surface area contributed by atoms with Crippen LogP contribution in [0.2, 0.25) is 0 Å². The van der Waals surface area contributed by atoms with Crippen LogP contribution >= 0.6 is 0 Å². The van der Waals surface area contributed by atoms with E-state index < -0.39 is 22.5 Å². The first-order valence-corrected chi connectivity index (χ1v) is 10.8. The number of hydrogen-bond donors (Lipinski definition) is 1. The van der Waals surface area contributed by atoms with Crippen LogP contribution in [0.15, 0.2) is 78.0 Å². The number of hydrogen-bond acceptors (Lipinski definition) is 6. The van der Waals surface area contributed by atoms with E-state index in [-0.39, 0.29) is 17.1 Å². The number of carbonyl (C=O) groups is 1. The summed E-state index contributed by atoms with van der Waals surface area (Å²) in [5.74, 6) is 0.339. The van der Waals surface area contributed by atoms with Gasteiger partial charge in [0, 0.05) is 25.0 Å². The van der Waals surface area contributed by atoms with Crippen molar-refractivity contribution in [3.05, 3.63) is 78.6 Å². The monoisotopic (exact) mass is 441 g/mol. The number of benzene rings is 2. The van der Waals surface area contributed by atoms with E-state index in [1.54, 1.807) is 48.8 Å². The molecule has 0 aliphatic heterocycles. The van der Waals surface area contributed by atoms with Crippen LogP contribution in [0.3, 0.4) is 0 Å². The molecule has 0 atom stereocenters. The summed E-state index contributed by atoms with van der Waals surface area (Å²) >= 11 is 0. The molecule has 0 spiro atoms. The molecule has 0 aliphatic rings. The lowest BCUT2D eigenvalue weighted by molar-refractivity contribution is -0.119. The van der Waals surface area contributed by atoms with Crippen molar-refractivity contribution >= 4 is 21.6 Å². The molecule has 3 rings (SSSR count). The Bertz CT molecular complexity index is 1120. The van der Waals surface area contributed by atoms with Crippen molar-refractivity contribution in [3.8, 4) is 11.5 Å². The molecule has 31 heavy (non-hydrogen) atoms. The highest BCUT2D eigenvalue weighted by atomic mass is 32.2. The first kappa shape index (κ1) is 22.1. The lowest BCUT2D eigenvalue weighted by Gasteiger charge is -2.25. The van der Waals surface area contributed by atoms with Crippen LogP contribution in [0.5, 0.6) is 11.5 Å². The van der Waals surface area contributed by atoms with Crippen LogP contribution in [0.4, 0.5) is 5.69 Å². The van der Waals surface area contributed by atoms with Crippen LogP contribution < -0.4 is 19.1 Å². The van der Waals surface area contributed by atoms with Crippen LogP contribution in [0, 0.1) is 0 Å². The topological polar surface area (TPSA) is 97.8 Å². The van der Waals surface area contributed by atoms with Crippen molar-refractivity contribution in [2.24, 2.45) is 0 Å². The summed E-state index contributed by atoms with van der Waals surface area (Å²) in [5.41, 5.74) is 1.08. The van der Waals surface area contributed by atoms with Gasteiger partial charge in [-0.3, -0.25) is 14.1 Å². The number of carbonyl (C=O) groups excluding carboxylic acids is 1. The molecule has 2 aromatic carbocycles. The number of amides is 1. The highest BCUT2D eigenvalue weighted by molar-refractivity contribution is 7.92. The van der Waals surface area contributed by atoms with E-state index in [1.165, 1.54) is 32.4 Å². The maximum atomic E-state index is 13.4. The van der Waals surface area contributed by atoms with Gasteiger partial charge in [0.2, 0.25) is 5.91 Å². The number of ether oxygens (including phenoxy) is 2. The normalized spacial score (nSPS) is 10.9. The summed E-state index contributed by atoms with van der Waals surface area (Å²) in [6, 6.07) is 16.2. The molecule has 1 amide bonds. The van der Waals surface area contributed by atoms with Gasteiger partial charge in [-0.1, -0.05) is 24.3 Å². The van der Waals surface area contributed by atoms with Gasteiger partial charge >= 0.3 is 0 Å². The van der Waals surface area contributed by atoms with Crippen molar-refractivity contribution in [2.45, 2.75) is 11.4 Å². The fourth-order valence-electron chi connectivity index (χ4n) is 2.90. The molecule has 1 N–H and O–H groups in total. The lowest BCUT2D eigenvalue weighted by Crippen LogP contribution is -2.40. The zero-order valence-corrected chi connectivity index (χ0v) is 18.0. The fraction of sp³-hybridized carbons (Fsp3) is 0.182. The second kappa shape index (κ2) is 9.94. The zero-order chi connectivity index (χ0) is 22.3. The number of anilines is 1. The van der Waals surface area contributed by atoms with Crippen LogP contribution in [-0.2, 0) is 21.4 Å². The van der Waals surface area contributed by atoms with Gasteiger partial charge in [-0.2, -0.15) is 0 Å². The van der Waals surface area contributed by atoms with Crippen LogP contribution in [-0.4, -0.2) is 40.1 Å². The van der Waals surface area contributed by atoms with E-state index in [1.807, 2.05) is 6.07 Å². The van der Waals surface area contributed by atoms with Crippen molar-refractivity contribution in [1.82, 2.24) is 10.3 Å². The molecule has 0 unspecified atom stereocenters. The van der Waals surface area contributed by atoms with E-state index in [0.717, 1.165) is 9.87 Å². The molecule has 0 saturated carbocycles. The molecule has 1 aromatic heterocycles. The lowest BCUT2D eigenvalue weighted by atomic mass is 10.2. The molecule has 0 bridgehead atoms. The quantitative estimate of drug-likeness (QED) is 0.548. The Labute approximate surface area is 181 Å². The van der Waals surface area contributed by atoms with E-state index >= 15 is 0 Å². The summed E-state index contributed by atoms with van der Waals surface area (Å²) in [7, 11) is -1.07. The first-order valence-electron chi connectivity index (χ1n) is 9.41. The van der Waals surface area contributed by atoms with Crippen molar-refractivity contribution in [3.63, 3.8) is 0 Å². The van der Waals surface area contributed by atoms with Gasteiger partial charge in [0.25, 0.3) is 10.0 Å². The summed E-state index contributed by atoms with van der Waals surface area (Å²) < 4.78 is 38.3. The zero-order valence-electron chi connectivity index (χ0n) is 17.2. The van der Waals surface area contributed by atoms with Gasteiger partial charge < -0.3 is 14.8 Å². The van der Waals surface area contributed by atoms with E-state index in [9.17, 15) is 13.2 Å². The van der Waals surface area contributed by atoms with Crippen molar-refractivity contribution in [2.75, 3.05) is 25.1 Å². The van der Waals surface area contributed by atoms with Gasteiger partial charge in [-0.25, -0.2) is 8.42 Å². The van der Waals surface area contributed by atoms with Crippen LogP contribution in [0.25, 0.3) is 0 Å². The molecular weight excluding hydrogens is 418 g/mol. The highest BCUT2D eigenvalue weighted by Gasteiger charge is 2.28. The van der Waals surface area contributed by atoms with Crippen LogP contribution in [0.1, 0.15) is 5.56 Å². The number of sulfonamides is 1. The number of rotatable bonds is 9. The average molecular weight is 442 g/mol. The number of methoxy groups -OCH3 is 2. The van der Waals surface area contributed by atoms with Gasteiger partial charge in [0.1, 0.15) is 6.54 Å². The number of nitrogens with one attached hydrogen (secondary N) is 1. The van der Waals surface area contributed by atoms with Gasteiger partial charge in [-0.15, -0.1) is 0 Å². The molecular formula is C22H23N3O5S. The van der Waals surface area contributed by atoms with Gasteiger partial charge in [0.05, 0.1) is 24.8 Å². The molecule has 0 saturated heterocycles. The maximum Gasteiger partial charge on any atom is 0.264 e. The Morgan fingerprint density at radius 2 is 1.74 bits per heavy atom. The molecule has 9 heteroatoms. The Kier molecular flexibility index (Phi) is 7.09. The Hall–Kier alpha value is -3.59. The molecule has 8 nitrogen and oxygen atoms in total. The Morgan fingerprint density at radius 1 is 1.00 bits per heavy atom. The maximum absolute atomic E-state index is 13.4. The number of nitrogens with zero attached hydrogens (tertiary/aromatic N) is 2. The average Bonchev–Trinajstić information content (AvgIpc) is 2.82.